The number of hydrogen-bond acceptors (Lipinski definition) is 4. The Kier molecular flexibility index (Phi) is 4.59. The normalized spacial score (nSPS) is 30.0. The second-order valence-electron chi connectivity index (χ2n) is 4.07. The third kappa shape index (κ3) is 3.90. The topological polar surface area (TPSA) is 52.6 Å². The lowest BCUT2D eigenvalue weighted by Gasteiger charge is -2.15. The standard InChI is InChI=1S/C6H10O2.C5H8O2/c1-5-3-2-4-8-6(5)7;1-4-2-3-7-5(4)6/h5H,2-4H2,1H3;4H,2-3H2,1H3. The average molecular weight is 214 g/mol. The Labute approximate surface area is 89.9 Å². The SMILES string of the molecule is CC1CCCOC1=O.CC1CCOC1=O. The highest BCUT2D eigenvalue weighted by molar-refractivity contribution is 5.73. The quantitative estimate of drug-likeness (QED) is 0.574. The lowest BCUT2D eigenvalue weighted by atomic mass is 10.0. The van der Waals surface area contributed by atoms with Crippen LogP contribution < -0.4 is 0 Å². The van der Waals surface area contributed by atoms with Gasteiger partial charge in [0.05, 0.1) is 25.0 Å². The van der Waals surface area contributed by atoms with Crippen LogP contribution in [0.4, 0.5) is 0 Å². The minimum absolute atomic E-state index is 0.0312. The summed E-state index contributed by atoms with van der Waals surface area (Å²) in [6.45, 7) is 5.04. The van der Waals surface area contributed by atoms with Gasteiger partial charge in [-0.15, -0.1) is 0 Å². The maximum Gasteiger partial charge on any atom is 0.308 e. The van der Waals surface area contributed by atoms with E-state index in [0.29, 0.717) is 13.2 Å². The van der Waals surface area contributed by atoms with Crippen LogP contribution in [0.2, 0.25) is 0 Å². The molecule has 15 heavy (non-hydrogen) atoms. The Bertz CT molecular complexity index is 237. The van der Waals surface area contributed by atoms with Crippen LogP contribution in [0.1, 0.15) is 33.1 Å². The zero-order valence-corrected chi connectivity index (χ0v) is 9.32. The Morgan fingerprint density at radius 2 is 1.47 bits per heavy atom. The lowest BCUT2D eigenvalue weighted by molar-refractivity contribution is -0.152. The van der Waals surface area contributed by atoms with Crippen LogP contribution in [-0.2, 0) is 19.1 Å². The predicted octanol–water partition coefficient (Wildman–Crippen LogP) is 1.53. The van der Waals surface area contributed by atoms with Crippen molar-refractivity contribution in [1.29, 1.82) is 0 Å². The summed E-state index contributed by atoms with van der Waals surface area (Å²) in [5.74, 6) is 0.222. The van der Waals surface area contributed by atoms with Gasteiger partial charge in [0.1, 0.15) is 0 Å². The highest BCUT2D eigenvalue weighted by Crippen LogP contribution is 2.13. The van der Waals surface area contributed by atoms with Crippen LogP contribution in [0.5, 0.6) is 0 Å². The first-order valence-electron chi connectivity index (χ1n) is 5.44. The number of cyclic esters (lactones) is 2. The smallest absolute Gasteiger partial charge is 0.308 e. The van der Waals surface area contributed by atoms with E-state index in [0.717, 1.165) is 19.3 Å². The fourth-order valence-electron chi connectivity index (χ4n) is 1.42. The molecule has 2 rings (SSSR count). The molecule has 2 heterocycles. The maximum atomic E-state index is 10.6. The summed E-state index contributed by atoms with van der Waals surface area (Å²) in [5.41, 5.74) is 0. The van der Waals surface area contributed by atoms with Crippen LogP contribution in [0.25, 0.3) is 0 Å². The van der Waals surface area contributed by atoms with E-state index in [4.69, 9.17) is 4.74 Å². The van der Waals surface area contributed by atoms with Crippen LogP contribution >= 0.6 is 0 Å². The molecule has 0 spiro atoms. The molecule has 86 valence electrons. The average Bonchev–Trinajstić information content (AvgIpc) is 2.57. The van der Waals surface area contributed by atoms with Gasteiger partial charge in [-0.2, -0.15) is 0 Å². The van der Waals surface area contributed by atoms with Crippen molar-refractivity contribution in [3.63, 3.8) is 0 Å². The van der Waals surface area contributed by atoms with Gasteiger partial charge in [0.25, 0.3) is 0 Å². The van der Waals surface area contributed by atoms with Crippen molar-refractivity contribution >= 4 is 11.9 Å². The molecular formula is C11H18O4. The van der Waals surface area contributed by atoms with Gasteiger partial charge in [0.2, 0.25) is 0 Å². The first-order valence-corrected chi connectivity index (χ1v) is 5.44. The summed E-state index contributed by atoms with van der Waals surface area (Å²) in [6.07, 6.45) is 2.94. The summed E-state index contributed by atoms with van der Waals surface area (Å²) in [4.78, 5) is 20.9. The summed E-state index contributed by atoms with van der Waals surface area (Å²) < 4.78 is 9.38. The van der Waals surface area contributed by atoms with E-state index in [1.54, 1.807) is 0 Å². The zero-order valence-electron chi connectivity index (χ0n) is 9.32. The highest BCUT2D eigenvalue weighted by atomic mass is 16.5. The molecule has 4 heteroatoms. The zero-order chi connectivity index (χ0) is 11.3. The molecule has 0 aromatic rings. The number of hydrogen-bond donors (Lipinski definition) is 0. The van der Waals surface area contributed by atoms with Gasteiger partial charge in [-0.25, -0.2) is 0 Å². The van der Waals surface area contributed by atoms with Crippen molar-refractivity contribution in [1.82, 2.24) is 0 Å². The number of carbonyl (C=O) groups excluding carboxylic acids is 2. The lowest BCUT2D eigenvalue weighted by Crippen LogP contribution is -2.20. The largest absolute Gasteiger partial charge is 0.465 e. The fourth-order valence-corrected chi connectivity index (χ4v) is 1.42. The molecule has 2 unspecified atom stereocenters. The van der Waals surface area contributed by atoms with Gasteiger partial charge in [0.15, 0.2) is 0 Å². The van der Waals surface area contributed by atoms with Gasteiger partial charge in [0, 0.05) is 0 Å². The van der Waals surface area contributed by atoms with Crippen molar-refractivity contribution in [2.45, 2.75) is 33.1 Å². The summed E-state index contributed by atoms with van der Waals surface area (Å²) in [7, 11) is 0. The molecule has 0 bridgehead atoms. The van der Waals surface area contributed by atoms with E-state index in [1.807, 2.05) is 13.8 Å². The number of rotatable bonds is 0. The van der Waals surface area contributed by atoms with Crippen LogP contribution in [0.3, 0.4) is 0 Å². The summed E-state index contributed by atoms with van der Waals surface area (Å²) in [5, 5.41) is 0. The molecule has 0 saturated carbocycles. The summed E-state index contributed by atoms with van der Waals surface area (Å²) in [6, 6.07) is 0. The molecular weight excluding hydrogens is 196 g/mol. The van der Waals surface area contributed by atoms with Crippen LogP contribution in [0.15, 0.2) is 0 Å². The Morgan fingerprint density at radius 1 is 0.933 bits per heavy atom. The molecule has 0 aromatic heterocycles. The van der Waals surface area contributed by atoms with Crippen molar-refractivity contribution in [2.24, 2.45) is 11.8 Å². The second kappa shape index (κ2) is 5.73. The van der Waals surface area contributed by atoms with E-state index in [-0.39, 0.29) is 23.8 Å². The Hall–Kier alpha value is -1.06. The number of carbonyl (C=O) groups is 2. The van der Waals surface area contributed by atoms with Gasteiger partial charge in [-0.05, 0) is 19.3 Å². The number of esters is 2. The molecule has 2 aliphatic heterocycles. The highest BCUT2D eigenvalue weighted by Gasteiger charge is 2.20. The van der Waals surface area contributed by atoms with E-state index < -0.39 is 0 Å². The molecule has 2 fully saturated rings. The first-order chi connectivity index (χ1) is 7.11. The fraction of sp³-hybridized carbons (Fsp3) is 0.818. The van der Waals surface area contributed by atoms with Crippen molar-refractivity contribution < 1.29 is 19.1 Å². The molecule has 0 N–H and O–H groups in total. The van der Waals surface area contributed by atoms with Crippen LogP contribution in [-0.4, -0.2) is 25.2 Å². The molecule has 0 radical (unpaired) electrons. The third-order valence-electron chi connectivity index (χ3n) is 2.63. The Morgan fingerprint density at radius 3 is 1.73 bits per heavy atom. The molecule has 4 nitrogen and oxygen atoms in total. The van der Waals surface area contributed by atoms with Crippen molar-refractivity contribution in [3.05, 3.63) is 0 Å². The minimum atomic E-state index is -0.0417. The Balaban J connectivity index is 0.000000151. The third-order valence-corrected chi connectivity index (χ3v) is 2.63. The maximum absolute atomic E-state index is 10.6. The molecule has 2 saturated heterocycles. The van der Waals surface area contributed by atoms with E-state index >= 15 is 0 Å². The first kappa shape index (κ1) is 12.0. The molecule has 2 atom stereocenters. The monoisotopic (exact) mass is 214 g/mol. The van der Waals surface area contributed by atoms with Crippen molar-refractivity contribution in [2.75, 3.05) is 13.2 Å². The molecule has 0 aromatic carbocycles. The van der Waals surface area contributed by atoms with Gasteiger partial charge >= 0.3 is 11.9 Å². The van der Waals surface area contributed by atoms with E-state index in [9.17, 15) is 9.59 Å². The molecule has 0 aliphatic carbocycles. The minimum Gasteiger partial charge on any atom is -0.465 e. The van der Waals surface area contributed by atoms with Gasteiger partial charge < -0.3 is 9.47 Å². The predicted molar refractivity (Wildman–Crippen MR) is 54.1 cm³/mol. The number of ether oxygens (including phenoxy) is 2. The molecule has 2 aliphatic rings. The van der Waals surface area contributed by atoms with Gasteiger partial charge in [-0.1, -0.05) is 13.8 Å². The summed E-state index contributed by atoms with van der Waals surface area (Å²) >= 11 is 0. The van der Waals surface area contributed by atoms with E-state index in [1.165, 1.54) is 0 Å². The van der Waals surface area contributed by atoms with E-state index in [2.05, 4.69) is 4.74 Å². The van der Waals surface area contributed by atoms with Crippen molar-refractivity contribution in [3.8, 4) is 0 Å². The van der Waals surface area contributed by atoms with Gasteiger partial charge in [-0.3, -0.25) is 9.59 Å². The second-order valence-corrected chi connectivity index (χ2v) is 4.07. The molecule has 0 amide bonds. The van der Waals surface area contributed by atoms with Crippen LogP contribution in [0, 0.1) is 11.8 Å².